The maximum Gasteiger partial charge on any atom is -0.0178 e. The molecule has 0 N–H and O–H groups in total. The first-order valence-corrected chi connectivity index (χ1v) is 9.90. The van der Waals surface area contributed by atoms with E-state index in [-0.39, 0.29) is 0 Å². The Morgan fingerprint density at radius 2 is 1.57 bits per heavy atom. The van der Waals surface area contributed by atoms with Crippen LogP contribution in [0.1, 0.15) is 60.8 Å². The third-order valence-corrected chi connectivity index (χ3v) is 10.2. The van der Waals surface area contributed by atoms with E-state index in [2.05, 4.69) is 41.5 Å². The Bertz CT molecular complexity index is 488. The van der Waals surface area contributed by atoms with Crippen LogP contribution in [0.4, 0.5) is 0 Å². The summed E-state index contributed by atoms with van der Waals surface area (Å²) < 4.78 is 0. The van der Waals surface area contributed by atoms with Gasteiger partial charge in [0.1, 0.15) is 0 Å². The summed E-state index contributed by atoms with van der Waals surface area (Å²) in [5.74, 6) is 10.9. The van der Waals surface area contributed by atoms with Crippen LogP contribution in [0.2, 0.25) is 0 Å². The average molecular weight is 287 g/mol. The number of hydrogen-bond acceptors (Lipinski definition) is 0. The normalized spacial score (nSPS) is 73.4. The molecule has 0 aliphatic heterocycles. The summed E-state index contributed by atoms with van der Waals surface area (Å²) in [4.78, 5) is 0. The van der Waals surface area contributed by atoms with E-state index in [0.717, 1.165) is 70.0 Å². The summed E-state index contributed by atoms with van der Waals surface area (Å²) in [6, 6.07) is 0. The van der Waals surface area contributed by atoms with Gasteiger partial charge < -0.3 is 0 Å². The molecule has 0 nitrogen and oxygen atoms in total. The Balaban J connectivity index is 1.39. The van der Waals surface area contributed by atoms with Crippen molar-refractivity contribution in [2.45, 2.75) is 60.8 Å². The van der Waals surface area contributed by atoms with Crippen LogP contribution in [0.5, 0.6) is 0 Å². The van der Waals surface area contributed by atoms with E-state index < -0.39 is 0 Å². The van der Waals surface area contributed by atoms with Crippen molar-refractivity contribution in [3.8, 4) is 0 Å². The standard InChI is InChI=1S/C21H34/c1-7-14-11(3)19(14)20(6)9-21(20)10(2)8-15(21)17-12(4)16-13(5)18(16)17/h10-19H,7-9H2,1-6H3. The second kappa shape index (κ2) is 3.57. The molecule has 21 heavy (non-hydrogen) atoms. The highest BCUT2D eigenvalue weighted by atomic mass is 14.9. The van der Waals surface area contributed by atoms with Crippen molar-refractivity contribution >= 4 is 0 Å². The lowest BCUT2D eigenvalue weighted by Crippen LogP contribution is -2.50. The molecule has 5 aliphatic carbocycles. The quantitative estimate of drug-likeness (QED) is 0.644. The zero-order valence-electron chi connectivity index (χ0n) is 14.9. The largest absolute Gasteiger partial charge is 0.0651 e. The molecule has 0 amide bonds. The van der Waals surface area contributed by atoms with Gasteiger partial charge in [-0.3, -0.25) is 0 Å². The molecule has 118 valence electrons. The van der Waals surface area contributed by atoms with Gasteiger partial charge in [0.25, 0.3) is 0 Å². The lowest BCUT2D eigenvalue weighted by Gasteiger charge is -2.56. The van der Waals surface area contributed by atoms with E-state index >= 15 is 0 Å². The first-order valence-electron chi connectivity index (χ1n) is 9.90. The molecule has 0 heteroatoms. The van der Waals surface area contributed by atoms with Gasteiger partial charge in [0.2, 0.25) is 0 Å². The molecular weight excluding hydrogens is 252 g/mol. The zero-order valence-corrected chi connectivity index (χ0v) is 14.9. The van der Waals surface area contributed by atoms with E-state index in [1.165, 1.54) is 6.42 Å². The fourth-order valence-electron chi connectivity index (χ4n) is 9.07. The average Bonchev–Trinajstić information content (AvgIpc) is 3.34. The molecule has 12 unspecified atom stereocenters. The van der Waals surface area contributed by atoms with Crippen molar-refractivity contribution in [3.63, 3.8) is 0 Å². The SMILES string of the molecule is CCC1C(C)C1C1(C)CC12C(C)CC2C1C(C)C2C(C)C21. The van der Waals surface area contributed by atoms with Crippen LogP contribution in [0.15, 0.2) is 0 Å². The number of fused-ring (bicyclic) bond motifs is 1. The van der Waals surface area contributed by atoms with Crippen LogP contribution in [0, 0.1) is 70.0 Å². The summed E-state index contributed by atoms with van der Waals surface area (Å²) in [5.41, 5.74) is 1.53. The monoisotopic (exact) mass is 286 g/mol. The van der Waals surface area contributed by atoms with Crippen molar-refractivity contribution in [1.29, 1.82) is 0 Å². The van der Waals surface area contributed by atoms with Gasteiger partial charge in [-0.2, -0.15) is 0 Å². The third-order valence-electron chi connectivity index (χ3n) is 10.2. The molecular formula is C21H34. The lowest BCUT2D eigenvalue weighted by molar-refractivity contribution is -0.0811. The van der Waals surface area contributed by atoms with Crippen LogP contribution < -0.4 is 0 Å². The Labute approximate surface area is 131 Å². The fraction of sp³-hybridized carbons (Fsp3) is 1.00. The van der Waals surface area contributed by atoms with E-state index in [0.29, 0.717) is 0 Å². The van der Waals surface area contributed by atoms with Crippen molar-refractivity contribution in [2.24, 2.45) is 70.0 Å². The molecule has 0 radical (unpaired) electrons. The van der Waals surface area contributed by atoms with Crippen LogP contribution in [-0.2, 0) is 0 Å². The Morgan fingerprint density at radius 3 is 2.05 bits per heavy atom. The van der Waals surface area contributed by atoms with Crippen molar-refractivity contribution in [3.05, 3.63) is 0 Å². The Morgan fingerprint density at radius 1 is 0.905 bits per heavy atom. The molecule has 5 fully saturated rings. The molecule has 1 spiro atoms. The summed E-state index contributed by atoms with van der Waals surface area (Å²) in [6.07, 6.45) is 4.59. The van der Waals surface area contributed by atoms with Crippen LogP contribution in [-0.4, -0.2) is 0 Å². The van der Waals surface area contributed by atoms with Gasteiger partial charge in [0.05, 0.1) is 0 Å². The zero-order chi connectivity index (χ0) is 14.9. The molecule has 0 saturated heterocycles. The first kappa shape index (κ1) is 13.4. The van der Waals surface area contributed by atoms with Crippen LogP contribution in [0.25, 0.3) is 0 Å². The van der Waals surface area contributed by atoms with Crippen LogP contribution >= 0.6 is 0 Å². The second-order valence-electron chi connectivity index (χ2n) is 10.3. The topological polar surface area (TPSA) is 0 Å². The predicted octanol–water partition coefficient (Wildman–Crippen LogP) is 5.48. The number of rotatable bonds is 3. The fourth-order valence-corrected chi connectivity index (χ4v) is 9.07. The summed E-state index contributed by atoms with van der Waals surface area (Å²) in [6.45, 7) is 15.4. The minimum Gasteiger partial charge on any atom is -0.0651 e. The van der Waals surface area contributed by atoms with E-state index in [1.807, 2.05) is 0 Å². The third kappa shape index (κ3) is 1.22. The highest BCUT2D eigenvalue weighted by molar-refractivity contribution is 5.31. The van der Waals surface area contributed by atoms with Gasteiger partial charge >= 0.3 is 0 Å². The summed E-state index contributed by atoms with van der Waals surface area (Å²) in [7, 11) is 0. The van der Waals surface area contributed by atoms with Gasteiger partial charge in [-0.05, 0) is 82.9 Å². The summed E-state index contributed by atoms with van der Waals surface area (Å²) >= 11 is 0. The second-order valence-corrected chi connectivity index (χ2v) is 10.3. The molecule has 0 aromatic heterocycles. The predicted molar refractivity (Wildman–Crippen MR) is 87.7 cm³/mol. The smallest absolute Gasteiger partial charge is 0.0178 e. The minimum atomic E-state index is 0.734. The van der Waals surface area contributed by atoms with Gasteiger partial charge in [-0.25, -0.2) is 0 Å². The maximum atomic E-state index is 2.70. The van der Waals surface area contributed by atoms with E-state index in [4.69, 9.17) is 0 Å². The number of hydrogen-bond donors (Lipinski definition) is 0. The van der Waals surface area contributed by atoms with Crippen molar-refractivity contribution < 1.29 is 0 Å². The van der Waals surface area contributed by atoms with Crippen molar-refractivity contribution in [2.75, 3.05) is 0 Å². The molecule has 0 heterocycles. The van der Waals surface area contributed by atoms with Crippen LogP contribution in [0.3, 0.4) is 0 Å². The molecule has 5 aliphatic rings. The van der Waals surface area contributed by atoms with E-state index in [1.54, 1.807) is 12.8 Å². The van der Waals surface area contributed by atoms with Gasteiger partial charge in [0.15, 0.2) is 0 Å². The van der Waals surface area contributed by atoms with Gasteiger partial charge in [-0.15, -0.1) is 0 Å². The molecule has 0 aromatic rings. The molecule has 0 aromatic carbocycles. The highest BCUT2D eigenvalue weighted by Crippen LogP contribution is 2.89. The molecule has 5 saturated carbocycles. The maximum absolute atomic E-state index is 2.70. The first-order chi connectivity index (χ1) is 9.90. The van der Waals surface area contributed by atoms with Gasteiger partial charge in [0, 0.05) is 0 Å². The molecule has 0 bridgehead atoms. The molecule has 5 rings (SSSR count). The highest BCUT2D eigenvalue weighted by Gasteiger charge is 2.83. The Hall–Kier alpha value is 0. The minimum absolute atomic E-state index is 0.734. The lowest BCUT2D eigenvalue weighted by atomic mass is 9.49. The molecule has 12 atom stereocenters. The summed E-state index contributed by atoms with van der Waals surface area (Å²) in [5, 5.41) is 0. The van der Waals surface area contributed by atoms with Gasteiger partial charge in [-0.1, -0.05) is 48.0 Å². The Kier molecular flexibility index (Phi) is 2.28. The van der Waals surface area contributed by atoms with Crippen molar-refractivity contribution in [1.82, 2.24) is 0 Å². The van der Waals surface area contributed by atoms with E-state index in [9.17, 15) is 0 Å².